The van der Waals surface area contributed by atoms with Crippen LogP contribution in [0.1, 0.15) is 27.2 Å². The molecule has 0 saturated heterocycles. The van der Waals surface area contributed by atoms with Crippen LogP contribution in [0.3, 0.4) is 0 Å². The fourth-order valence-corrected chi connectivity index (χ4v) is 1.09. The summed E-state index contributed by atoms with van der Waals surface area (Å²) in [6.45, 7) is 7.75. The Kier molecular flexibility index (Phi) is 2.96. The van der Waals surface area contributed by atoms with Gasteiger partial charge in [-0.25, -0.2) is 0 Å². The Balaban J connectivity index is 2.28. The minimum Gasteiger partial charge on any atom is -0.382 e. The number of nitrogens with one attached hydrogen (secondary N) is 1. The molecule has 0 spiro atoms. The van der Waals surface area contributed by atoms with Crippen LogP contribution >= 0.6 is 0 Å². The molecule has 1 N–H and O–H groups in total. The van der Waals surface area contributed by atoms with E-state index in [2.05, 4.69) is 31.2 Å². The van der Waals surface area contributed by atoms with Gasteiger partial charge in [0.2, 0.25) is 0 Å². The zero-order valence-electron chi connectivity index (χ0n) is 8.96. The van der Waals surface area contributed by atoms with E-state index in [-0.39, 0.29) is 0 Å². The van der Waals surface area contributed by atoms with Gasteiger partial charge in [-0.15, -0.1) is 0 Å². The quantitative estimate of drug-likeness (QED) is 0.775. The summed E-state index contributed by atoms with van der Waals surface area (Å²) < 4.78 is 1.80. The van der Waals surface area contributed by atoms with Crippen molar-refractivity contribution in [1.29, 1.82) is 0 Å². The molecular formula is C10H19N3. The summed E-state index contributed by atoms with van der Waals surface area (Å²) in [6, 6.07) is 0. The number of rotatable bonds is 3. The second-order valence-corrected chi connectivity index (χ2v) is 4.64. The minimum absolute atomic E-state index is 0.398. The zero-order valence-corrected chi connectivity index (χ0v) is 8.96. The maximum Gasteiger partial charge on any atom is 0.0726 e. The maximum absolute atomic E-state index is 4.09. The second-order valence-electron chi connectivity index (χ2n) is 4.64. The van der Waals surface area contributed by atoms with Crippen molar-refractivity contribution in [3.05, 3.63) is 12.4 Å². The van der Waals surface area contributed by atoms with Gasteiger partial charge in [-0.1, -0.05) is 20.8 Å². The average molecular weight is 181 g/mol. The van der Waals surface area contributed by atoms with Gasteiger partial charge in [0.05, 0.1) is 11.9 Å². The topological polar surface area (TPSA) is 29.9 Å². The van der Waals surface area contributed by atoms with Crippen molar-refractivity contribution in [2.45, 2.75) is 27.2 Å². The van der Waals surface area contributed by atoms with Crippen LogP contribution in [-0.4, -0.2) is 16.3 Å². The molecule has 1 aromatic rings. The third-order valence-electron chi connectivity index (χ3n) is 1.91. The van der Waals surface area contributed by atoms with Gasteiger partial charge >= 0.3 is 0 Å². The molecule has 0 atom stereocenters. The number of hydrogen-bond acceptors (Lipinski definition) is 2. The zero-order chi connectivity index (χ0) is 9.90. The summed E-state index contributed by atoms with van der Waals surface area (Å²) in [5, 5.41) is 7.42. The number of aromatic nitrogens is 2. The van der Waals surface area contributed by atoms with Crippen molar-refractivity contribution in [3.63, 3.8) is 0 Å². The maximum atomic E-state index is 4.09. The van der Waals surface area contributed by atoms with Gasteiger partial charge in [0, 0.05) is 19.8 Å². The van der Waals surface area contributed by atoms with Crippen molar-refractivity contribution < 1.29 is 0 Å². The molecule has 74 valence electrons. The van der Waals surface area contributed by atoms with Crippen LogP contribution in [0.4, 0.5) is 5.69 Å². The molecule has 3 nitrogen and oxygen atoms in total. The van der Waals surface area contributed by atoms with Crippen molar-refractivity contribution >= 4 is 5.69 Å². The van der Waals surface area contributed by atoms with E-state index in [0.717, 1.165) is 12.2 Å². The molecule has 0 unspecified atom stereocenters. The first-order valence-electron chi connectivity index (χ1n) is 4.70. The molecular weight excluding hydrogens is 162 g/mol. The summed E-state index contributed by atoms with van der Waals surface area (Å²) >= 11 is 0. The third-order valence-corrected chi connectivity index (χ3v) is 1.91. The molecule has 0 saturated carbocycles. The first kappa shape index (κ1) is 10.1. The van der Waals surface area contributed by atoms with Crippen LogP contribution in [0.2, 0.25) is 0 Å². The van der Waals surface area contributed by atoms with E-state index in [1.54, 1.807) is 4.68 Å². The Hall–Kier alpha value is -0.990. The standard InChI is InChI=1S/C10H19N3/c1-10(2,3)5-6-11-9-7-12-13(4)8-9/h7-8,11H,5-6H2,1-4H3. The van der Waals surface area contributed by atoms with Crippen molar-refractivity contribution in [3.8, 4) is 0 Å². The SMILES string of the molecule is Cn1cc(NCCC(C)(C)C)cn1. The minimum atomic E-state index is 0.398. The van der Waals surface area contributed by atoms with Crippen molar-refractivity contribution in [2.24, 2.45) is 12.5 Å². The summed E-state index contributed by atoms with van der Waals surface area (Å²) in [7, 11) is 1.93. The molecule has 1 rings (SSSR count). The Morgan fingerprint density at radius 1 is 1.46 bits per heavy atom. The summed E-state index contributed by atoms with van der Waals surface area (Å²) in [5.41, 5.74) is 1.50. The molecule has 0 bridgehead atoms. The molecule has 0 aliphatic heterocycles. The molecule has 0 fully saturated rings. The molecule has 0 amide bonds. The van der Waals surface area contributed by atoms with Gasteiger partial charge in [-0.2, -0.15) is 5.10 Å². The Labute approximate surface area is 80.1 Å². The highest BCUT2D eigenvalue weighted by molar-refractivity contribution is 5.37. The Morgan fingerprint density at radius 3 is 2.62 bits per heavy atom. The highest BCUT2D eigenvalue weighted by atomic mass is 15.3. The van der Waals surface area contributed by atoms with Gasteiger partial charge < -0.3 is 5.32 Å². The fourth-order valence-electron chi connectivity index (χ4n) is 1.09. The van der Waals surface area contributed by atoms with Gasteiger partial charge in [0.1, 0.15) is 0 Å². The molecule has 1 heterocycles. The lowest BCUT2D eigenvalue weighted by molar-refractivity contribution is 0.390. The van der Waals surface area contributed by atoms with Crippen LogP contribution in [0, 0.1) is 5.41 Å². The van der Waals surface area contributed by atoms with Crippen LogP contribution < -0.4 is 5.32 Å². The predicted molar refractivity (Wildman–Crippen MR) is 55.8 cm³/mol. The van der Waals surface area contributed by atoms with Crippen LogP contribution in [0.5, 0.6) is 0 Å². The average Bonchev–Trinajstić information content (AvgIpc) is 2.33. The highest BCUT2D eigenvalue weighted by Crippen LogP contribution is 2.18. The summed E-state index contributed by atoms with van der Waals surface area (Å²) in [4.78, 5) is 0. The van der Waals surface area contributed by atoms with E-state index in [0.29, 0.717) is 5.41 Å². The van der Waals surface area contributed by atoms with Crippen LogP contribution in [-0.2, 0) is 7.05 Å². The van der Waals surface area contributed by atoms with Crippen LogP contribution in [0.25, 0.3) is 0 Å². The molecule has 13 heavy (non-hydrogen) atoms. The lowest BCUT2D eigenvalue weighted by Crippen LogP contribution is -2.12. The van der Waals surface area contributed by atoms with Gasteiger partial charge in [-0.05, 0) is 11.8 Å². The molecule has 0 aliphatic carbocycles. The largest absolute Gasteiger partial charge is 0.382 e. The molecule has 0 aromatic carbocycles. The van der Waals surface area contributed by atoms with E-state index in [9.17, 15) is 0 Å². The van der Waals surface area contributed by atoms with E-state index in [1.807, 2.05) is 19.4 Å². The first-order chi connectivity index (χ1) is 5.97. The predicted octanol–water partition coefficient (Wildman–Crippen LogP) is 2.27. The second kappa shape index (κ2) is 3.81. The number of nitrogens with zero attached hydrogens (tertiary/aromatic N) is 2. The monoisotopic (exact) mass is 181 g/mol. The third kappa shape index (κ3) is 3.97. The van der Waals surface area contributed by atoms with E-state index < -0.39 is 0 Å². The van der Waals surface area contributed by atoms with E-state index in [1.165, 1.54) is 6.42 Å². The van der Waals surface area contributed by atoms with E-state index in [4.69, 9.17) is 0 Å². The van der Waals surface area contributed by atoms with Crippen molar-refractivity contribution in [1.82, 2.24) is 9.78 Å². The summed E-state index contributed by atoms with van der Waals surface area (Å²) in [5.74, 6) is 0. The van der Waals surface area contributed by atoms with Crippen LogP contribution in [0.15, 0.2) is 12.4 Å². The Morgan fingerprint density at radius 2 is 2.15 bits per heavy atom. The lowest BCUT2D eigenvalue weighted by atomic mass is 9.92. The lowest BCUT2D eigenvalue weighted by Gasteiger charge is -2.17. The van der Waals surface area contributed by atoms with Crippen molar-refractivity contribution in [2.75, 3.05) is 11.9 Å². The molecule has 3 heteroatoms. The first-order valence-corrected chi connectivity index (χ1v) is 4.70. The number of hydrogen-bond donors (Lipinski definition) is 1. The Bertz CT molecular complexity index is 257. The number of aryl methyl sites for hydroxylation is 1. The normalized spacial score (nSPS) is 11.7. The summed E-state index contributed by atoms with van der Waals surface area (Å²) in [6.07, 6.45) is 5.01. The fraction of sp³-hybridized carbons (Fsp3) is 0.700. The number of anilines is 1. The van der Waals surface area contributed by atoms with E-state index >= 15 is 0 Å². The molecule has 0 aliphatic rings. The molecule has 0 radical (unpaired) electrons. The van der Waals surface area contributed by atoms with Gasteiger partial charge in [0.25, 0.3) is 0 Å². The smallest absolute Gasteiger partial charge is 0.0726 e. The highest BCUT2D eigenvalue weighted by Gasteiger charge is 2.08. The van der Waals surface area contributed by atoms with Gasteiger partial charge in [-0.3, -0.25) is 4.68 Å². The molecule has 1 aromatic heterocycles. The van der Waals surface area contributed by atoms with Gasteiger partial charge in [0.15, 0.2) is 0 Å².